The van der Waals surface area contributed by atoms with Gasteiger partial charge in [-0.05, 0) is 69.3 Å². The number of hydrogen-bond acceptors (Lipinski definition) is 3. The fourth-order valence-corrected chi connectivity index (χ4v) is 11.3. The van der Waals surface area contributed by atoms with Gasteiger partial charge in [-0.15, -0.1) is 34.4 Å². The van der Waals surface area contributed by atoms with Crippen LogP contribution in [-0.4, -0.2) is 5.25 Å². The number of allylic oxidation sites excluding steroid dienone is 3. The Morgan fingerprint density at radius 3 is 1.60 bits per heavy atom. The predicted octanol–water partition coefficient (Wildman–Crippen LogP) is 13.1. The Bertz CT molecular complexity index is 2410. The summed E-state index contributed by atoms with van der Waals surface area (Å²) in [6, 6.07) is 45.5. The van der Waals surface area contributed by atoms with Gasteiger partial charge in [0.25, 0.3) is 0 Å². The molecular weight excluding hydrogens is 601 g/mol. The number of thioether (sulfide) groups is 1. The third kappa shape index (κ3) is 3.98. The van der Waals surface area contributed by atoms with Gasteiger partial charge in [-0.1, -0.05) is 115 Å². The minimum absolute atomic E-state index is 0.442. The average molecular weight is 627 g/mol. The van der Waals surface area contributed by atoms with Gasteiger partial charge < -0.3 is 0 Å². The minimum atomic E-state index is 0.442. The normalized spacial score (nSPS) is 17.1. The summed E-state index contributed by atoms with van der Waals surface area (Å²) >= 11 is 5.84. The smallest absolute Gasteiger partial charge is 0.0433 e. The van der Waals surface area contributed by atoms with Crippen molar-refractivity contribution in [3.8, 4) is 33.4 Å². The second kappa shape index (κ2) is 10.1. The summed E-state index contributed by atoms with van der Waals surface area (Å²) in [4.78, 5) is 1.42. The van der Waals surface area contributed by atoms with Crippen molar-refractivity contribution in [3.63, 3.8) is 0 Å². The van der Waals surface area contributed by atoms with Gasteiger partial charge in [-0.2, -0.15) is 0 Å². The van der Waals surface area contributed by atoms with Crippen molar-refractivity contribution in [1.29, 1.82) is 0 Å². The highest BCUT2D eigenvalue weighted by atomic mass is 32.2. The first-order valence-corrected chi connectivity index (χ1v) is 17.9. The predicted molar refractivity (Wildman–Crippen MR) is 199 cm³/mol. The summed E-state index contributed by atoms with van der Waals surface area (Å²) in [5, 5.41) is 5.82. The van der Waals surface area contributed by atoms with Crippen molar-refractivity contribution < 1.29 is 0 Å². The van der Waals surface area contributed by atoms with E-state index in [9.17, 15) is 0 Å². The van der Waals surface area contributed by atoms with Crippen molar-refractivity contribution in [3.05, 3.63) is 151 Å². The van der Waals surface area contributed by atoms with E-state index in [1.54, 1.807) is 0 Å². The zero-order chi connectivity index (χ0) is 29.5. The number of benzene rings is 6. The summed E-state index contributed by atoms with van der Waals surface area (Å²) < 4.78 is 5.39. The minimum Gasteiger partial charge on any atom is -0.135 e. The number of rotatable bonds is 3. The molecule has 0 spiro atoms. The first-order chi connectivity index (χ1) is 22.3. The van der Waals surface area contributed by atoms with E-state index >= 15 is 0 Å². The lowest BCUT2D eigenvalue weighted by atomic mass is 9.88. The van der Waals surface area contributed by atoms with Crippen LogP contribution in [0.15, 0.2) is 151 Å². The Morgan fingerprint density at radius 1 is 0.444 bits per heavy atom. The van der Waals surface area contributed by atoms with E-state index in [4.69, 9.17) is 0 Å². The Kier molecular flexibility index (Phi) is 5.78. The summed E-state index contributed by atoms with van der Waals surface area (Å²) in [6.45, 7) is 0. The van der Waals surface area contributed by atoms with Crippen LogP contribution in [0.1, 0.15) is 11.5 Å². The van der Waals surface area contributed by atoms with Crippen LogP contribution in [-0.2, 0) is 0 Å². The van der Waals surface area contributed by atoms with E-state index in [2.05, 4.69) is 146 Å². The van der Waals surface area contributed by atoms with Crippen LogP contribution < -0.4 is 0 Å². The van der Waals surface area contributed by atoms with Crippen LogP contribution in [0.4, 0.5) is 0 Å². The van der Waals surface area contributed by atoms with E-state index in [0.29, 0.717) is 11.2 Å². The van der Waals surface area contributed by atoms with E-state index in [1.165, 1.54) is 84.2 Å². The molecule has 0 saturated carbocycles. The summed E-state index contributed by atoms with van der Waals surface area (Å²) in [7, 11) is 0. The van der Waals surface area contributed by atoms with Gasteiger partial charge in [0.1, 0.15) is 0 Å². The fraction of sp³-hybridized carbons (Fsp3) is 0.0476. The number of thiophene rings is 2. The molecule has 0 amide bonds. The summed E-state index contributed by atoms with van der Waals surface area (Å²) in [6.07, 6.45) is 9.15. The molecule has 0 fully saturated rings. The second-order valence-corrected chi connectivity index (χ2v) is 15.3. The molecule has 1 aliphatic heterocycles. The lowest BCUT2D eigenvalue weighted by Crippen LogP contribution is -2.06. The molecule has 2 atom stereocenters. The molecular formula is C42H26S3. The van der Waals surface area contributed by atoms with Gasteiger partial charge in [-0.3, -0.25) is 0 Å². The molecule has 3 heterocycles. The Hall–Kier alpha value is -4.41. The molecule has 0 nitrogen and oxygen atoms in total. The zero-order valence-corrected chi connectivity index (χ0v) is 26.7. The van der Waals surface area contributed by atoms with E-state index in [-0.39, 0.29) is 0 Å². The first-order valence-electron chi connectivity index (χ1n) is 15.4. The van der Waals surface area contributed by atoms with Gasteiger partial charge in [0.05, 0.1) is 0 Å². The van der Waals surface area contributed by atoms with Gasteiger partial charge in [0, 0.05) is 56.4 Å². The molecule has 2 unspecified atom stereocenters. The molecule has 6 aromatic carbocycles. The van der Waals surface area contributed by atoms with E-state index < -0.39 is 0 Å². The molecule has 0 radical (unpaired) electrons. The highest BCUT2D eigenvalue weighted by molar-refractivity contribution is 8.00. The maximum atomic E-state index is 2.44. The molecule has 10 rings (SSSR count). The van der Waals surface area contributed by atoms with Crippen LogP contribution in [0.25, 0.3) is 73.7 Å². The molecule has 212 valence electrons. The SMILES string of the molecule is C1=CC2Sc3c(-c4cc(-c5cccc6c5sc5ccccc56)cc(-c5cccc6c5sc5ccccc56)c4)cccc3C2C=C1. The lowest BCUT2D eigenvalue weighted by molar-refractivity contribution is 0.881. The standard InChI is InChI=1S/C42H26S3/c1-4-19-37-31(10-1)34-16-7-13-28(40(34)43-37)25-22-26(29-14-8-17-35-32-11-2-5-20-38(32)44-41(29)35)24-27(23-25)30-15-9-18-36-33-12-3-6-21-39(33)45-42(30)36/h1-24,31,37H. The van der Waals surface area contributed by atoms with Crippen LogP contribution in [0.3, 0.4) is 0 Å². The number of fused-ring (bicyclic) bond motifs is 9. The average Bonchev–Trinajstić information content (AvgIpc) is 3.79. The van der Waals surface area contributed by atoms with Crippen LogP contribution in [0.2, 0.25) is 0 Å². The van der Waals surface area contributed by atoms with E-state index in [1.807, 2.05) is 34.4 Å². The molecule has 2 aromatic heterocycles. The van der Waals surface area contributed by atoms with Crippen molar-refractivity contribution in [2.24, 2.45) is 0 Å². The monoisotopic (exact) mass is 626 g/mol. The zero-order valence-electron chi connectivity index (χ0n) is 24.2. The van der Waals surface area contributed by atoms with Gasteiger partial charge >= 0.3 is 0 Å². The molecule has 45 heavy (non-hydrogen) atoms. The fourth-order valence-electron chi connectivity index (χ4n) is 7.34. The highest BCUT2D eigenvalue weighted by Crippen LogP contribution is 2.53. The van der Waals surface area contributed by atoms with Crippen molar-refractivity contribution in [2.75, 3.05) is 0 Å². The van der Waals surface area contributed by atoms with Crippen molar-refractivity contribution in [1.82, 2.24) is 0 Å². The summed E-state index contributed by atoms with van der Waals surface area (Å²) in [5.74, 6) is 0.442. The van der Waals surface area contributed by atoms with E-state index in [0.717, 1.165) is 0 Å². The first kappa shape index (κ1) is 25.9. The lowest BCUT2D eigenvalue weighted by Gasteiger charge is -2.15. The quantitative estimate of drug-likeness (QED) is 0.188. The number of hydrogen-bond donors (Lipinski definition) is 0. The summed E-state index contributed by atoms with van der Waals surface area (Å²) in [5.41, 5.74) is 9.23. The maximum absolute atomic E-state index is 2.44. The van der Waals surface area contributed by atoms with Crippen molar-refractivity contribution >= 4 is 74.8 Å². The Balaban J connectivity index is 1.25. The van der Waals surface area contributed by atoms with Gasteiger partial charge in [-0.25, -0.2) is 0 Å². The van der Waals surface area contributed by atoms with Crippen LogP contribution in [0.5, 0.6) is 0 Å². The van der Waals surface area contributed by atoms with Crippen LogP contribution >= 0.6 is 34.4 Å². The maximum Gasteiger partial charge on any atom is 0.0433 e. The molecule has 0 N–H and O–H groups in total. The van der Waals surface area contributed by atoms with Gasteiger partial charge in [0.15, 0.2) is 0 Å². The second-order valence-electron chi connectivity index (χ2n) is 12.0. The third-order valence-corrected chi connectivity index (χ3v) is 13.3. The molecule has 1 aliphatic carbocycles. The molecule has 3 heteroatoms. The largest absolute Gasteiger partial charge is 0.135 e. The topological polar surface area (TPSA) is 0 Å². The highest BCUT2D eigenvalue weighted by Gasteiger charge is 2.32. The third-order valence-electron chi connectivity index (χ3n) is 9.42. The Labute approximate surface area is 274 Å². The van der Waals surface area contributed by atoms with Crippen LogP contribution in [0, 0.1) is 0 Å². The molecule has 0 bridgehead atoms. The van der Waals surface area contributed by atoms with Gasteiger partial charge in [0.2, 0.25) is 0 Å². The molecule has 0 saturated heterocycles. The Morgan fingerprint density at radius 2 is 0.956 bits per heavy atom. The molecule has 8 aromatic rings. The van der Waals surface area contributed by atoms with Crippen molar-refractivity contribution in [2.45, 2.75) is 16.1 Å². The molecule has 2 aliphatic rings.